The van der Waals surface area contributed by atoms with Crippen LogP contribution in [-0.2, 0) is 38.9 Å². The molecule has 2 fully saturated rings. The fraction of sp³-hybridized carbons (Fsp3) is 0.422. The van der Waals surface area contributed by atoms with Crippen molar-refractivity contribution < 1.29 is 4.42 Å². The van der Waals surface area contributed by atoms with E-state index in [0.29, 0.717) is 11.8 Å². The minimum Gasteiger partial charge on any atom is -0.468 e. The van der Waals surface area contributed by atoms with Crippen LogP contribution in [0, 0.1) is 29.1 Å². The van der Waals surface area contributed by atoms with Crippen molar-refractivity contribution >= 4 is 85.3 Å². The summed E-state index contributed by atoms with van der Waals surface area (Å²) < 4.78 is 10.7. The molecule has 4 nitrogen and oxygen atoms in total. The van der Waals surface area contributed by atoms with Gasteiger partial charge < -0.3 is 18.8 Å². The Balaban J connectivity index is 1.14. The van der Waals surface area contributed by atoms with Gasteiger partial charge in [-0.3, -0.25) is 0 Å². The Hall–Kier alpha value is -6.98. The molecule has 2 aliphatic heterocycles. The van der Waals surface area contributed by atoms with E-state index in [2.05, 4.69) is 285 Å². The van der Waals surface area contributed by atoms with Crippen molar-refractivity contribution in [3.8, 4) is 16.8 Å². The summed E-state index contributed by atoms with van der Waals surface area (Å²) in [5.74, 6) is 3.62. The van der Waals surface area contributed by atoms with Crippen LogP contribution >= 0.6 is 0 Å². The Bertz CT molecular complexity index is 4350. The molecule has 0 bridgehead atoms. The van der Waals surface area contributed by atoms with Crippen LogP contribution in [0.1, 0.15) is 202 Å². The molecule has 0 N–H and O–H groups in total. The van der Waals surface area contributed by atoms with Crippen LogP contribution < -0.4 is 26.4 Å². The second-order valence-corrected chi connectivity index (χ2v) is 34.0. The van der Waals surface area contributed by atoms with Crippen LogP contribution in [0.4, 0.5) is 34.1 Å². The summed E-state index contributed by atoms with van der Waals surface area (Å²) in [5, 5.41) is 2.55. The summed E-state index contributed by atoms with van der Waals surface area (Å²) in [5.41, 5.74) is 27.9. The van der Waals surface area contributed by atoms with Crippen molar-refractivity contribution in [2.75, 3.05) is 9.80 Å². The van der Waals surface area contributed by atoms with Gasteiger partial charge in [0.15, 0.2) is 0 Å². The zero-order chi connectivity index (χ0) is 62.1. The maximum atomic E-state index is 8.06. The third kappa shape index (κ3) is 8.42. The van der Waals surface area contributed by atoms with Crippen molar-refractivity contribution in [2.24, 2.45) is 29.1 Å². The smallest absolute Gasteiger partial charge is 0.297 e. The molecule has 0 saturated heterocycles. The summed E-state index contributed by atoms with van der Waals surface area (Å²) in [6, 6.07) is 53.5. The fourth-order valence-electron chi connectivity index (χ4n) is 17.6. The summed E-state index contributed by atoms with van der Waals surface area (Å²) in [7, 11) is 0. The molecule has 5 heteroatoms. The number of benzene rings is 7. The number of aromatic nitrogens is 1. The second-order valence-electron chi connectivity index (χ2n) is 34.0. The SMILES string of the molecule is CC1C2=Cc3oc4c(c3CC2(C)C(C)C2CCC12)N(c1ccc(C(C)(C)C)cc1-c1ccccc1)c1cc(-n2c3cc(C(C)(C)C)ccc3c3ccc(C(C)(C)C)cc32)cc2c1B4c1cc3c(cc1N2c1ccc(C(C)(C)C)cc1)C(C)(C)CCC3(C)C. The predicted molar refractivity (Wildman–Crippen MR) is 377 cm³/mol. The number of hydrogen-bond donors (Lipinski definition) is 0. The molecule has 9 aromatic rings. The highest BCUT2D eigenvalue weighted by Crippen LogP contribution is 2.64. The number of nitrogens with zero attached hydrogens (tertiary/aromatic N) is 3. The standard InChI is InChI=1S/C83H94BN3O/c1-48-57-34-35-58(57)49(2)83(19)47-62-73(46-63(48)83)88-76-75(62)87(67-36-29-52(78(6,7)8)39-61(67)50-23-21-20-22-24-50)72-43-56(86-68-40-53(79(9,10)11)27-32-59(68)60-33-28-54(41-69(60)86)80(12,13)14)42-71-74(72)84(76)66-44-64-65(82(17,18)38-37-81(64,15)16)45-70(66)85(71)55-30-25-51(26-31-55)77(3,4)5/h20-33,36,39-46,48-49,57-58H,34-35,37-38,47H2,1-19H3. The normalized spacial score (nSPS) is 22.5. The van der Waals surface area contributed by atoms with Crippen LogP contribution in [0.5, 0.6) is 0 Å². The average molecular weight is 1160 g/mol. The van der Waals surface area contributed by atoms with Gasteiger partial charge in [0.1, 0.15) is 5.76 Å². The molecule has 88 heavy (non-hydrogen) atoms. The molecule has 0 spiro atoms. The van der Waals surface area contributed by atoms with Gasteiger partial charge in [0.25, 0.3) is 6.71 Å². The van der Waals surface area contributed by atoms with Crippen LogP contribution in [0.2, 0.25) is 0 Å². The minimum absolute atomic E-state index is 0.0150. The highest BCUT2D eigenvalue weighted by Gasteiger charge is 2.57. The Morgan fingerprint density at radius 3 is 1.61 bits per heavy atom. The lowest BCUT2D eigenvalue weighted by Crippen LogP contribution is -2.61. The average Bonchev–Trinajstić information content (AvgIpc) is 1.27. The number of rotatable bonds is 4. The van der Waals surface area contributed by atoms with Crippen molar-refractivity contribution in [3.05, 3.63) is 184 Å². The topological polar surface area (TPSA) is 24.6 Å². The summed E-state index contributed by atoms with van der Waals surface area (Å²) in [6.45, 7) is 45.8. The third-order valence-corrected chi connectivity index (χ3v) is 23.6. The van der Waals surface area contributed by atoms with Gasteiger partial charge in [0.05, 0.1) is 33.8 Å². The molecule has 2 saturated carbocycles. The molecule has 5 unspecified atom stereocenters. The zero-order valence-corrected chi connectivity index (χ0v) is 56.5. The highest BCUT2D eigenvalue weighted by molar-refractivity contribution is 6.99. The lowest BCUT2D eigenvalue weighted by Gasteiger charge is -2.59. The van der Waals surface area contributed by atoms with Gasteiger partial charge in [0, 0.05) is 44.6 Å². The summed E-state index contributed by atoms with van der Waals surface area (Å²) in [6.07, 6.45) is 8.47. The molecule has 0 amide bonds. The van der Waals surface area contributed by atoms with Gasteiger partial charge in [-0.15, -0.1) is 0 Å². The van der Waals surface area contributed by atoms with E-state index in [9.17, 15) is 0 Å². The Morgan fingerprint density at radius 2 is 1.05 bits per heavy atom. The first-order chi connectivity index (χ1) is 41.3. The Labute approximate surface area is 526 Å². The predicted octanol–water partition coefficient (Wildman–Crippen LogP) is 20.9. The molecule has 4 heterocycles. The van der Waals surface area contributed by atoms with E-state index in [1.807, 2.05) is 0 Å². The second kappa shape index (κ2) is 18.8. The van der Waals surface area contributed by atoms with Crippen LogP contribution in [-0.4, -0.2) is 11.3 Å². The van der Waals surface area contributed by atoms with Gasteiger partial charge in [-0.25, -0.2) is 0 Å². The van der Waals surface area contributed by atoms with E-state index >= 15 is 0 Å². The fourth-order valence-corrected chi connectivity index (χ4v) is 17.6. The largest absolute Gasteiger partial charge is 0.468 e. The molecule has 15 rings (SSSR count). The van der Waals surface area contributed by atoms with Crippen molar-refractivity contribution in [2.45, 2.75) is 196 Å². The van der Waals surface area contributed by atoms with E-state index < -0.39 is 0 Å². The quantitative estimate of drug-likeness (QED) is 0.164. The first-order valence-electron chi connectivity index (χ1n) is 33.6. The zero-order valence-electron chi connectivity index (χ0n) is 56.5. The highest BCUT2D eigenvalue weighted by atomic mass is 16.3. The molecular formula is C83H94BN3O. The number of fused-ring (bicyclic) bond motifs is 12. The number of furan rings is 1. The molecule has 5 atom stereocenters. The molecular weight excluding hydrogens is 1070 g/mol. The summed E-state index contributed by atoms with van der Waals surface area (Å²) in [4.78, 5) is 5.44. The van der Waals surface area contributed by atoms with Crippen molar-refractivity contribution in [3.63, 3.8) is 0 Å². The Morgan fingerprint density at radius 1 is 0.511 bits per heavy atom. The van der Waals surface area contributed by atoms with Gasteiger partial charge in [-0.2, -0.15) is 0 Å². The molecule has 4 aliphatic carbocycles. The minimum atomic E-state index is -0.200. The number of anilines is 6. The maximum absolute atomic E-state index is 8.06. The monoisotopic (exact) mass is 1160 g/mol. The van der Waals surface area contributed by atoms with E-state index in [1.165, 1.54) is 130 Å². The Kier molecular flexibility index (Phi) is 12.3. The van der Waals surface area contributed by atoms with Crippen molar-refractivity contribution in [1.82, 2.24) is 4.57 Å². The van der Waals surface area contributed by atoms with Gasteiger partial charge >= 0.3 is 0 Å². The third-order valence-electron chi connectivity index (χ3n) is 23.6. The van der Waals surface area contributed by atoms with Crippen LogP contribution in [0.25, 0.3) is 44.7 Å². The van der Waals surface area contributed by atoms with Gasteiger partial charge in [-0.1, -0.05) is 216 Å². The molecule has 7 aromatic carbocycles. The van der Waals surface area contributed by atoms with Crippen LogP contribution in [0.15, 0.2) is 143 Å². The van der Waals surface area contributed by atoms with E-state index in [1.54, 1.807) is 5.57 Å². The first-order valence-corrected chi connectivity index (χ1v) is 33.6. The lowest BCUT2D eigenvalue weighted by atomic mass is 9.35. The van der Waals surface area contributed by atoms with Crippen LogP contribution in [0.3, 0.4) is 0 Å². The first kappa shape index (κ1) is 57.5. The lowest BCUT2D eigenvalue weighted by molar-refractivity contribution is -0.0232. The molecule has 6 aliphatic rings. The number of hydrogen-bond acceptors (Lipinski definition) is 3. The van der Waals surface area contributed by atoms with E-state index in [4.69, 9.17) is 4.42 Å². The maximum Gasteiger partial charge on any atom is 0.297 e. The van der Waals surface area contributed by atoms with E-state index in [0.717, 1.165) is 48.2 Å². The molecule has 2 aromatic heterocycles. The van der Waals surface area contributed by atoms with Gasteiger partial charge in [0.2, 0.25) is 0 Å². The van der Waals surface area contributed by atoms with Crippen molar-refractivity contribution in [1.29, 1.82) is 0 Å². The number of allylic oxidation sites excluding steroid dienone is 1. The molecule has 0 radical (unpaired) electrons. The van der Waals surface area contributed by atoms with E-state index in [-0.39, 0.29) is 44.6 Å². The summed E-state index contributed by atoms with van der Waals surface area (Å²) >= 11 is 0. The molecule has 450 valence electrons. The van der Waals surface area contributed by atoms with Gasteiger partial charge in [-0.05, 0) is 204 Å².